The number of hydrogen-bond donors (Lipinski definition) is 2. The molecule has 2 aromatic carbocycles. The summed E-state index contributed by atoms with van der Waals surface area (Å²) in [5, 5.41) is 4.55. The zero-order chi connectivity index (χ0) is 24.7. The molecule has 0 radical (unpaired) electrons. The third-order valence-corrected chi connectivity index (χ3v) is 6.81. The van der Waals surface area contributed by atoms with Crippen LogP contribution in [0.1, 0.15) is 15.9 Å². The van der Waals surface area contributed by atoms with Gasteiger partial charge in [-0.25, -0.2) is 26.9 Å². The number of benzene rings is 2. The van der Waals surface area contributed by atoms with E-state index in [1.807, 2.05) is 0 Å². The summed E-state index contributed by atoms with van der Waals surface area (Å²) in [5.41, 5.74) is -0.652. The van der Waals surface area contributed by atoms with Crippen LogP contribution in [-0.4, -0.2) is 33.9 Å². The average Bonchev–Trinajstić information content (AvgIpc) is 3.51. The summed E-state index contributed by atoms with van der Waals surface area (Å²) in [7, 11) is -4.26. The minimum absolute atomic E-state index is 0.0676. The second-order valence-electron chi connectivity index (χ2n) is 7.42. The zero-order valence-electron chi connectivity index (χ0n) is 17.5. The summed E-state index contributed by atoms with van der Waals surface area (Å²) in [5.74, 6) is -3.50. The van der Waals surface area contributed by atoms with E-state index in [9.17, 15) is 17.6 Å². The molecule has 3 heterocycles. The van der Waals surface area contributed by atoms with Crippen molar-refractivity contribution in [3.63, 3.8) is 0 Å². The molecule has 0 fully saturated rings. The van der Waals surface area contributed by atoms with Gasteiger partial charge in [0.1, 0.15) is 11.5 Å². The number of aromatic nitrogens is 4. The number of aromatic amines is 1. The normalized spacial score (nSPS) is 11.6. The number of pyridine rings is 1. The van der Waals surface area contributed by atoms with Crippen molar-refractivity contribution in [1.82, 2.24) is 19.7 Å². The molecule has 0 bridgehead atoms. The number of anilines is 1. The van der Waals surface area contributed by atoms with Crippen molar-refractivity contribution in [3.8, 4) is 5.69 Å². The van der Waals surface area contributed by atoms with Gasteiger partial charge in [-0.05, 0) is 48.5 Å². The summed E-state index contributed by atoms with van der Waals surface area (Å²) in [6.45, 7) is 0. The smallest absolute Gasteiger partial charge is 0.261 e. The lowest BCUT2D eigenvalue weighted by Crippen LogP contribution is -2.16. The SMILES string of the molecule is O=C(c1c(F)ccc(NS(=O)(=O)c2ccc(-n3cccn3)cc2)c1F)c1c[nH]c2ncc(Cl)cc12. The van der Waals surface area contributed by atoms with Crippen molar-refractivity contribution in [3.05, 3.63) is 101 Å². The van der Waals surface area contributed by atoms with Crippen LogP contribution in [0.3, 0.4) is 0 Å². The summed E-state index contributed by atoms with van der Waals surface area (Å²) in [4.78, 5) is 19.7. The zero-order valence-corrected chi connectivity index (χ0v) is 19.1. The molecule has 0 amide bonds. The van der Waals surface area contributed by atoms with Crippen LogP contribution < -0.4 is 4.72 Å². The molecule has 176 valence electrons. The third kappa shape index (κ3) is 4.15. The van der Waals surface area contributed by atoms with Crippen molar-refractivity contribution in [1.29, 1.82) is 0 Å². The highest BCUT2D eigenvalue weighted by atomic mass is 35.5. The maximum absolute atomic E-state index is 15.3. The van der Waals surface area contributed by atoms with Crippen LogP contribution >= 0.6 is 11.6 Å². The Hall–Kier alpha value is -4.09. The number of carbonyl (C=O) groups excluding carboxylic acids is 1. The Bertz CT molecular complexity index is 1680. The van der Waals surface area contributed by atoms with Crippen molar-refractivity contribution in [2.24, 2.45) is 0 Å². The molecule has 5 aromatic rings. The maximum Gasteiger partial charge on any atom is 0.261 e. The first kappa shape index (κ1) is 22.7. The fourth-order valence-electron chi connectivity index (χ4n) is 3.54. The van der Waals surface area contributed by atoms with E-state index in [1.54, 1.807) is 18.5 Å². The largest absolute Gasteiger partial charge is 0.345 e. The highest BCUT2D eigenvalue weighted by Gasteiger charge is 2.26. The minimum atomic E-state index is -4.26. The van der Waals surface area contributed by atoms with Gasteiger partial charge in [0.25, 0.3) is 10.0 Å². The molecule has 0 aliphatic heterocycles. The number of rotatable bonds is 6. The first-order valence-corrected chi connectivity index (χ1v) is 11.9. The Morgan fingerprint density at radius 2 is 1.89 bits per heavy atom. The molecule has 8 nitrogen and oxygen atoms in total. The van der Waals surface area contributed by atoms with Crippen LogP contribution in [0.15, 0.2) is 78.2 Å². The minimum Gasteiger partial charge on any atom is -0.345 e. The van der Waals surface area contributed by atoms with E-state index in [-0.39, 0.29) is 20.9 Å². The van der Waals surface area contributed by atoms with Crippen molar-refractivity contribution < 1.29 is 22.0 Å². The fourth-order valence-corrected chi connectivity index (χ4v) is 4.76. The topological polar surface area (TPSA) is 110 Å². The van der Waals surface area contributed by atoms with E-state index in [4.69, 9.17) is 11.6 Å². The first-order valence-electron chi connectivity index (χ1n) is 10.0. The molecule has 0 aliphatic carbocycles. The lowest BCUT2D eigenvalue weighted by molar-refractivity contribution is 0.103. The molecular weight excluding hydrogens is 500 g/mol. The molecule has 2 N–H and O–H groups in total. The molecule has 0 spiro atoms. The molecule has 12 heteroatoms. The molecule has 35 heavy (non-hydrogen) atoms. The first-order chi connectivity index (χ1) is 16.7. The molecule has 0 aliphatic rings. The van der Waals surface area contributed by atoms with Crippen molar-refractivity contribution in [2.45, 2.75) is 4.90 Å². The number of halogens is 3. The highest BCUT2D eigenvalue weighted by molar-refractivity contribution is 7.92. The molecular formula is C23H14ClF2N5O3S. The number of carbonyl (C=O) groups is 1. The molecule has 0 saturated carbocycles. The Morgan fingerprint density at radius 1 is 1.11 bits per heavy atom. The number of fused-ring (bicyclic) bond motifs is 1. The number of nitrogens with one attached hydrogen (secondary N) is 2. The second-order valence-corrected chi connectivity index (χ2v) is 9.53. The van der Waals surface area contributed by atoms with Crippen molar-refractivity contribution in [2.75, 3.05) is 4.72 Å². The van der Waals surface area contributed by atoms with Crippen LogP contribution in [0.25, 0.3) is 16.7 Å². The van der Waals surface area contributed by atoms with Gasteiger partial charge in [-0.1, -0.05) is 11.6 Å². The van der Waals surface area contributed by atoms with E-state index in [0.717, 1.165) is 12.1 Å². The predicted molar refractivity (Wildman–Crippen MR) is 125 cm³/mol. The molecule has 0 unspecified atom stereocenters. The Morgan fingerprint density at radius 3 is 2.60 bits per heavy atom. The molecule has 5 rings (SSSR count). The van der Waals surface area contributed by atoms with Gasteiger partial charge in [0.15, 0.2) is 5.82 Å². The van der Waals surface area contributed by atoms with E-state index in [2.05, 4.69) is 19.8 Å². The lowest BCUT2D eigenvalue weighted by Gasteiger charge is -2.12. The summed E-state index contributed by atoms with van der Waals surface area (Å²) >= 11 is 5.94. The fraction of sp³-hybridized carbons (Fsp3) is 0. The van der Waals surface area contributed by atoms with Gasteiger partial charge in [0.05, 0.1) is 26.9 Å². The standard InChI is InChI=1S/C23H14ClF2N5O3S/c24-13-10-16-17(12-28-23(16)27-11-13)22(32)20-18(25)6-7-19(21(20)26)30-35(33,34)15-4-2-14(3-5-15)31-9-1-8-29-31/h1-12,30H,(H,27,28). The molecule has 3 aromatic heterocycles. The van der Waals surface area contributed by atoms with Gasteiger partial charge in [-0.15, -0.1) is 0 Å². The number of nitrogens with zero attached hydrogens (tertiary/aromatic N) is 3. The number of H-pyrrole nitrogens is 1. The summed E-state index contributed by atoms with van der Waals surface area (Å²) < 4.78 is 59.2. The number of ketones is 1. The monoisotopic (exact) mass is 513 g/mol. The van der Waals surface area contributed by atoms with Gasteiger partial charge >= 0.3 is 0 Å². The molecule has 0 saturated heterocycles. The predicted octanol–water partition coefficient (Wildman–Crippen LogP) is 4.71. The van der Waals surface area contributed by atoms with Crippen molar-refractivity contribution >= 4 is 44.1 Å². The quantitative estimate of drug-likeness (QED) is 0.319. The summed E-state index contributed by atoms with van der Waals surface area (Å²) in [6.07, 6.45) is 5.87. The number of hydrogen-bond acceptors (Lipinski definition) is 5. The average molecular weight is 514 g/mol. The second kappa shape index (κ2) is 8.60. The van der Waals surface area contributed by atoms with Crippen LogP contribution in [0.4, 0.5) is 14.5 Å². The van der Waals surface area contributed by atoms with Crippen LogP contribution in [0.2, 0.25) is 5.02 Å². The third-order valence-electron chi connectivity index (χ3n) is 5.22. The Kier molecular flexibility index (Phi) is 5.58. The van der Waals surface area contributed by atoms with Gasteiger partial charge < -0.3 is 4.98 Å². The highest BCUT2D eigenvalue weighted by Crippen LogP contribution is 2.29. The van der Waals surface area contributed by atoms with Crippen LogP contribution in [-0.2, 0) is 10.0 Å². The van der Waals surface area contributed by atoms with Gasteiger partial charge in [-0.3, -0.25) is 9.52 Å². The van der Waals surface area contributed by atoms with E-state index in [0.29, 0.717) is 11.3 Å². The maximum atomic E-state index is 15.3. The van der Waals surface area contributed by atoms with Gasteiger partial charge in [0, 0.05) is 35.7 Å². The van der Waals surface area contributed by atoms with Crippen LogP contribution in [0, 0.1) is 11.6 Å². The lowest BCUT2D eigenvalue weighted by atomic mass is 10.0. The van der Waals surface area contributed by atoms with Gasteiger partial charge in [-0.2, -0.15) is 5.10 Å². The Balaban J connectivity index is 1.49. The summed E-state index contributed by atoms with van der Waals surface area (Å²) in [6, 6.07) is 10.5. The van der Waals surface area contributed by atoms with Crippen LogP contribution in [0.5, 0.6) is 0 Å². The van der Waals surface area contributed by atoms with Gasteiger partial charge in [0.2, 0.25) is 5.78 Å². The van der Waals surface area contributed by atoms with E-state index in [1.165, 1.54) is 47.4 Å². The Labute approximate surface area is 202 Å². The van der Waals surface area contributed by atoms with E-state index < -0.39 is 38.7 Å². The molecule has 0 atom stereocenters. The number of sulfonamides is 1. The van der Waals surface area contributed by atoms with E-state index >= 15 is 4.39 Å².